The molecule has 0 bridgehead atoms. The van der Waals surface area contributed by atoms with Crippen molar-refractivity contribution in [3.8, 4) is 0 Å². The molecule has 31 heavy (non-hydrogen) atoms. The van der Waals surface area contributed by atoms with E-state index in [9.17, 15) is 4.79 Å². The van der Waals surface area contributed by atoms with Gasteiger partial charge >= 0.3 is 0 Å². The average molecular weight is 437 g/mol. The van der Waals surface area contributed by atoms with Gasteiger partial charge in [-0.2, -0.15) is 0 Å². The monoisotopic (exact) mass is 436 g/mol. The van der Waals surface area contributed by atoms with Crippen LogP contribution in [0, 0.1) is 11.8 Å². The standard InChI is InChI=1S/C26H44O5/c1-18(14-11-17-26(4,5)31-9)12-10-13-19(2)15-16-21-20(3)22(27)24(29-7)25(30-8)23(21)28-6/h12,15,20-21,23H,10-11,13-14,16-17H2,1-9H3. The Morgan fingerprint density at radius 3 is 2.19 bits per heavy atom. The molecule has 5 heteroatoms. The van der Waals surface area contributed by atoms with Gasteiger partial charge in [0.2, 0.25) is 11.5 Å². The maximum absolute atomic E-state index is 12.7. The Balaban J connectivity index is 2.64. The number of ether oxygens (including phenoxy) is 4. The zero-order valence-electron chi connectivity index (χ0n) is 21.2. The van der Waals surface area contributed by atoms with Crippen LogP contribution in [0.4, 0.5) is 0 Å². The molecule has 0 spiro atoms. The molecule has 0 fully saturated rings. The third kappa shape index (κ3) is 8.12. The predicted octanol–water partition coefficient (Wildman–Crippen LogP) is 6.00. The number of carbonyl (C=O) groups excluding carboxylic acids is 1. The van der Waals surface area contributed by atoms with E-state index in [1.807, 2.05) is 6.92 Å². The Hall–Kier alpha value is -1.59. The molecule has 0 aliphatic heterocycles. The highest BCUT2D eigenvalue weighted by Crippen LogP contribution is 2.37. The van der Waals surface area contributed by atoms with Gasteiger partial charge in [-0.25, -0.2) is 0 Å². The predicted molar refractivity (Wildman–Crippen MR) is 126 cm³/mol. The summed E-state index contributed by atoms with van der Waals surface area (Å²) in [5, 5.41) is 0. The molecule has 178 valence electrons. The molecule has 0 amide bonds. The van der Waals surface area contributed by atoms with Crippen molar-refractivity contribution < 1.29 is 23.7 Å². The number of hydrogen-bond donors (Lipinski definition) is 0. The molecular weight excluding hydrogens is 392 g/mol. The fraction of sp³-hybridized carbons (Fsp3) is 0.731. The van der Waals surface area contributed by atoms with Crippen molar-refractivity contribution in [3.63, 3.8) is 0 Å². The van der Waals surface area contributed by atoms with Crippen LogP contribution < -0.4 is 0 Å². The number of allylic oxidation sites excluding steroid dienone is 5. The topological polar surface area (TPSA) is 54.0 Å². The van der Waals surface area contributed by atoms with Crippen molar-refractivity contribution >= 4 is 5.78 Å². The quantitative estimate of drug-likeness (QED) is 0.332. The van der Waals surface area contributed by atoms with Crippen LogP contribution in [0.25, 0.3) is 0 Å². The molecule has 1 rings (SSSR count). The maximum Gasteiger partial charge on any atom is 0.204 e. The number of Topliss-reactive ketones (excluding diaryl/α,β-unsaturated/α-hetero) is 1. The summed E-state index contributed by atoms with van der Waals surface area (Å²) in [5.41, 5.74) is 2.73. The van der Waals surface area contributed by atoms with Crippen molar-refractivity contribution in [2.24, 2.45) is 11.8 Å². The minimum absolute atomic E-state index is 0.0149. The van der Waals surface area contributed by atoms with E-state index < -0.39 is 0 Å². The van der Waals surface area contributed by atoms with Gasteiger partial charge in [-0.15, -0.1) is 0 Å². The first kappa shape index (κ1) is 27.4. The average Bonchev–Trinajstić information content (AvgIpc) is 2.74. The van der Waals surface area contributed by atoms with Crippen LogP contribution in [0.15, 0.2) is 34.8 Å². The van der Waals surface area contributed by atoms with Gasteiger partial charge in [0, 0.05) is 26.1 Å². The first-order valence-electron chi connectivity index (χ1n) is 11.4. The van der Waals surface area contributed by atoms with Gasteiger partial charge in [0.25, 0.3) is 0 Å². The molecule has 0 radical (unpaired) electrons. The molecule has 1 aliphatic carbocycles. The molecule has 0 saturated carbocycles. The summed E-state index contributed by atoms with van der Waals surface area (Å²) in [6.07, 6.45) is 10.5. The third-order valence-corrected chi connectivity index (χ3v) is 6.50. The first-order chi connectivity index (χ1) is 14.6. The normalized spacial score (nSPS) is 23.4. The zero-order chi connectivity index (χ0) is 23.6. The molecule has 3 atom stereocenters. The van der Waals surface area contributed by atoms with Crippen LogP contribution >= 0.6 is 0 Å². The van der Waals surface area contributed by atoms with E-state index >= 15 is 0 Å². The molecule has 0 N–H and O–H groups in total. The van der Waals surface area contributed by atoms with Crippen molar-refractivity contribution in [3.05, 3.63) is 34.8 Å². The Morgan fingerprint density at radius 2 is 1.65 bits per heavy atom. The first-order valence-corrected chi connectivity index (χ1v) is 11.4. The van der Waals surface area contributed by atoms with Crippen molar-refractivity contribution in [1.82, 2.24) is 0 Å². The minimum atomic E-state index is -0.282. The molecule has 0 aromatic rings. The second kappa shape index (κ2) is 13.1. The number of hydrogen-bond acceptors (Lipinski definition) is 5. The second-order valence-corrected chi connectivity index (χ2v) is 9.27. The smallest absolute Gasteiger partial charge is 0.204 e. The van der Waals surface area contributed by atoms with Crippen molar-refractivity contribution in [1.29, 1.82) is 0 Å². The molecular formula is C26H44O5. The van der Waals surface area contributed by atoms with Gasteiger partial charge in [0.05, 0.1) is 19.8 Å². The number of ketones is 1. The van der Waals surface area contributed by atoms with Crippen molar-refractivity contribution in [2.45, 2.75) is 84.8 Å². The zero-order valence-corrected chi connectivity index (χ0v) is 21.2. The van der Waals surface area contributed by atoms with Gasteiger partial charge in [0.1, 0.15) is 6.10 Å². The second-order valence-electron chi connectivity index (χ2n) is 9.27. The highest BCUT2D eigenvalue weighted by atomic mass is 16.5. The van der Waals surface area contributed by atoms with Gasteiger partial charge < -0.3 is 18.9 Å². The molecule has 1 aliphatic rings. The Morgan fingerprint density at radius 1 is 1.00 bits per heavy atom. The molecule has 0 aromatic heterocycles. The fourth-order valence-electron chi connectivity index (χ4n) is 4.11. The van der Waals surface area contributed by atoms with E-state index in [-0.39, 0.29) is 35.1 Å². The summed E-state index contributed by atoms with van der Waals surface area (Å²) in [6, 6.07) is 0. The van der Waals surface area contributed by atoms with Crippen LogP contribution in [0.2, 0.25) is 0 Å². The molecule has 0 heterocycles. The number of carbonyl (C=O) groups is 1. The van der Waals surface area contributed by atoms with E-state index in [4.69, 9.17) is 18.9 Å². The maximum atomic E-state index is 12.7. The molecule has 3 unspecified atom stereocenters. The van der Waals surface area contributed by atoms with E-state index in [1.54, 1.807) is 21.3 Å². The lowest BCUT2D eigenvalue weighted by Crippen LogP contribution is -2.41. The van der Waals surface area contributed by atoms with Crippen LogP contribution in [0.5, 0.6) is 0 Å². The summed E-state index contributed by atoms with van der Waals surface area (Å²) < 4.78 is 22.0. The minimum Gasteiger partial charge on any atom is -0.494 e. The van der Waals surface area contributed by atoms with Gasteiger partial charge in [-0.3, -0.25) is 4.79 Å². The van der Waals surface area contributed by atoms with Crippen LogP contribution in [0.1, 0.15) is 73.1 Å². The largest absolute Gasteiger partial charge is 0.494 e. The van der Waals surface area contributed by atoms with E-state index in [2.05, 4.69) is 39.8 Å². The Labute approximate surface area is 189 Å². The van der Waals surface area contributed by atoms with E-state index in [0.717, 1.165) is 38.5 Å². The van der Waals surface area contributed by atoms with Gasteiger partial charge in [-0.05, 0) is 66.2 Å². The van der Waals surface area contributed by atoms with Gasteiger partial charge in [-0.1, -0.05) is 30.2 Å². The van der Waals surface area contributed by atoms with Gasteiger partial charge in [0.15, 0.2) is 5.76 Å². The summed E-state index contributed by atoms with van der Waals surface area (Å²) in [5.74, 6) is 0.621. The lowest BCUT2D eigenvalue weighted by Gasteiger charge is -2.35. The number of methoxy groups -OCH3 is 4. The summed E-state index contributed by atoms with van der Waals surface area (Å²) in [6.45, 7) is 10.6. The van der Waals surface area contributed by atoms with Crippen LogP contribution in [0.3, 0.4) is 0 Å². The fourth-order valence-corrected chi connectivity index (χ4v) is 4.11. The molecule has 0 saturated heterocycles. The molecule has 0 aromatic carbocycles. The van der Waals surface area contributed by atoms with E-state index in [1.165, 1.54) is 18.3 Å². The summed E-state index contributed by atoms with van der Waals surface area (Å²) in [4.78, 5) is 12.7. The van der Waals surface area contributed by atoms with E-state index in [0.29, 0.717) is 5.76 Å². The molecule has 5 nitrogen and oxygen atoms in total. The highest BCUT2D eigenvalue weighted by molar-refractivity contribution is 5.97. The Kier molecular flexibility index (Phi) is 11.6. The number of rotatable bonds is 13. The van der Waals surface area contributed by atoms with Crippen LogP contribution in [-0.4, -0.2) is 45.9 Å². The SMILES string of the molecule is COC1=C(OC)C(OC)C(CC=C(C)CCC=C(C)CCCC(C)(C)OC)C(C)C1=O. The lowest BCUT2D eigenvalue weighted by molar-refractivity contribution is -0.129. The van der Waals surface area contributed by atoms with Crippen molar-refractivity contribution in [2.75, 3.05) is 28.4 Å². The van der Waals surface area contributed by atoms with Crippen LogP contribution in [-0.2, 0) is 23.7 Å². The summed E-state index contributed by atoms with van der Waals surface area (Å²) >= 11 is 0. The third-order valence-electron chi connectivity index (χ3n) is 6.50. The summed E-state index contributed by atoms with van der Waals surface area (Å²) in [7, 11) is 6.50. The highest BCUT2D eigenvalue weighted by Gasteiger charge is 2.43. The Bertz CT molecular complexity index is 671. The lowest BCUT2D eigenvalue weighted by atomic mass is 9.77.